The van der Waals surface area contributed by atoms with Gasteiger partial charge in [0.05, 0.1) is 17.5 Å². The maximum Gasteiger partial charge on any atom is 0.306 e. The van der Waals surface area contributed by atoms with Crippen LogP contribution in [-0.4, -0.2) is 34.6 Å². The van der Waals surface area contributed by atoms with Crippen molar-refractivity contribution in [3.05, 3.63) is 75.2 Å². The smallest absolute Gasteiger partial charge is 0.306 e. The summed E-state index contributed by atoms with van der Waals surface area (Å²) in [5.74, 6) is -0.916. The van der Waals surface area contributed by atoms with Crippen LogP contribution >= 0.6 is 11.6 Å². The van der Waals surface area contributed by atoms with Gasteiger partial charge in [-0.25, -0.2) is 4.98 Å². The van der Waals surface area contributed by atoms with Crippen LogP contribution in [0.1, 0.15) is 37.4 Å². The van der Waals surface area contributed by atoms with E-state index in [0.29, 0.717) is 30.2 Å². The number of nitrogens with one attached hydrogen (secondary N) is 1. The Morgan fingerprint density at radius 3 is 2.61 bits per heavy atom. The number of fused-ring (bicyclic) bond motifs is 1. The Hall–Kier alpha value is -3.19. The topological polar surface area (TPSA) is 90.3 Å². The number of aryl methyl sites for hydroxylation is 2. The first-order valence-corrected chi connectivity index (χ1v) is 11.5. The number of hydrogen-bond donors (Lipinski definition) is 1. The number of rotatable bonds is 11. The molecular weight excluding hydrogens is 442 g/mol. The molecule has 0 fully saturated rings. The third-order valence-electron chi connectivity index (χ3n) is 5.23. The zero-order valence-electron chi connectivity index (χ0n) is 18.7. The number of para-hydroxylation sites is 2. The second-order valence-corrected chi connectivity index (χ2v) is 8.18. The minimum atomic E-state index is -0.544. The number of carbonyl (C=O) groups is 2. The molecule has 0 spiro atoms. The van der Waals surface area contributed by atoms with Gasteiger partial charge < -0.3 is 14.6 Å². The minimum Gasteiger partial charge on any atom is -0.456 e. The van der Waals surface area contributed by atoms with E-state index in [0.717, 1.165) is 29.4 Å². The van der Waals surface area contributed by atoms with Crippen molar-refractivity contribution in [3.63, 3.8) is 0 Å². The third-order valence-corrected chi connectivity index (χ3v) is 5.49. The third kappa shape index (κ3) is 7.15. The number of amides is 1. The molecule has 1 N–H and O–H groups in total. The van der Waals surface area contributed by atoms with Gasteiger partial charge in [0.15, 0.2) is 6.61 Å². The number of carbonyl (C=O) groups excluding carboxylic acids is 2. The number of ether oxygens (including phenoxy) is 1. The highest BCUT2D eigenvalue weighted by Crippen LogP contribution is 2.12. The van der Waals surface area contributed by atoms with E-state index in [2.05, 4.69) is 17.2 Å². The van der Waals surface area contributed by atoms with Gasteiger partial charge in [0.2, 0.25) is 0 Å². The normalized spacial score (nSPS) is 10.8. The van der Waals surface area contributed by atoms with Crippen molar-refractivity contribution >= 4 is 34.5 Å². The van der Waals surface area contributed by atoms with Gasteiger partial charge >= 0.3 is 5.97 Å². The summed E-state index contributed by atoms with van der Waals surface area (Å²) in [5, 5.41) is 3.38. The Morgan fingerprint density at radius 2 is 1.85 bits per heavy atom. The standard InChI is InChI=1S/C25H28ClN3O4/c1-2-3-16-29-22-7-5-4-6-20(22)28-21(25(29)32)12-13-24(31)33-17-23(30)27-15-14-18-8-10-19(26)11-9-18/h4-11H,2-3,12-17H2,1H3,(H,27,30). The summed E-state index contributed by atoms with van der Waals surface area (Å²) in [7, 11) is 0. The van der Waals surface area contributed by atoms with Crippen LogP contribution in [0.2, 0.25) is 5.02 Å². The zero-order valence-corrected chi connectivity index (χ0v) is 19.4. The lowest BCUT2D eigenvalue weighted by molar-refractivity contribution is -0.148. The lowest BCUT2D eigenvalue weighted by Crippen LogP contribution is -2.30. The van der Waals surface area contributed by atoms with Crippen LogP contribution in [0, 0.1) is 0 Å². The van der Waals surface area contributed by atoms with Gasteiger partial charge in [-0.05, 0) is 42.7 Å². The summed E-state index contributed by atoms with van der Waals surface area (Å²) >= 11 is 5.85. The van der Waals surface area contributed by atoms with Crippen LogP contribution < -0.4 is 10.9 Å². The molecule has 0 saturated heterocycles. The van der Waals surface area contributed by atoms with Crippen molar-refractivity contribution in [1.82, 2.24) is 14.9 Å². The van der Waals surface area contributed by atoms with Gasteiger partial charge in [0.25, 0.3) is 11.5 Å². The first-order chi connectivity index (χ1) is 16.0. The predicted molar refractivity (Wildman–Crippen MR) is 128 cm³/mol. The second-order valence-electron chi connectivity index (χ2n) is 7.74. The Balaban J connectivity index is 1.49. The molecule has 7 nitrogen and oxygen atoms in total. The molecule has 0 aliphatic rings. The number of benzene rings is 2. The summed E-state index contributed by atoms with van der Waals surface area (Å²) in [6.07, 6.45) is 2.63. The Kier molecular flexibility index (Phi) is 9.01. The molecule has 1 amide bonds. The van der Waals surface area contributed by atoms with E-state index >= 15 is 0 Å². The van der Waals surface area contributed by atoms with Crippen LogP contribution in [0.15, 0.2) is 53.3 Å². The lowest BCUT2D eigenvalue weighted by Gasteiger charge is -2.12. The number of esters is 1. The van der Waals surface area contributed by atoms with Crippen molar-refractivity contribution in [2.45, 2.75) is 45.6 Å². The molecule has 0 atom stereocenters. The van der Waals surface area contributed by atoms with Crippen molar-refractivity contribution < 1.29 is 14.3 Å². The van der Waals surface area contributed by atoms with Crippen molar-refractivity contribution in [2.24, 2.45) is 0 Å². The van der Waals surface area contributed by atoms with E-state index in [1.54, 1.807) is 16.7 Å². The fraction of sp³-hybridized carbons (Fsp3) is 0.360. The van der Waals surface area contributed by atoms with Crippen molar-refractivity contribution in [1.29, 1.82) is 0 Å². The molecule has 3 aromatic rings. The number of aromatic nitrogens is 2. The van der Waals surface area contributed by atoms with Gasteiger partial charge in [-0.3, -0.25) is 14.4 Å². The molecule has 1 heterocycles. The molecule has 0 unspecified atom stereocenters. The van der Waals surface area contributed by atoms with Crippen molar-refractivity contribution in [2.75, 3.05) is 13.2 Å². The first kappa shape index (κ1) is 24.5. The van der Waals surface area contributed by atoms with Crippen LogP contribution in [0.4, 0.5) is 0 Å². The maximum atomic E-state index is 12.9. The molecule has 174 valence electrons. The van der Waals surface area contributed by atoms with Gasteiger partial charge in [-0.1, -0.05) is 49.2 Å². The van der Waals surface area contributed by atoms with E-state index in [1.165, 1.54) is 0 Å². The van der Waals surface area contributed by atoms with Crippen LogP contribution in [0.5, 0.6) is 0 Å². The number of nitrogens with zero attached hydrogens (tertiary/aromatic N) is 2. The average molecular weight is 470 g/mol. The highest BCUT2D eigenvalue weighted by Gasteiger charge is 2.14. The molecule has 0 radical (unpaired) electrons. The molecule has 1 aromatic heterocycles. The molecule has 8 heteroatoms. The average Bonchev–Trinajstić information content (AvgIpc) is 2.82. The Morgan fingerprint density at radius 1 is 1.09 bits per heavy atom. The highest BCUT2D eigenvalue weighted by molar-refractivity contribution is 6.30. The van der Waals surface area contributed by atoms with Crippen LogP contribution in [0.25, 0.3) is 11.0 Å². The van der Waals surface area contributed by atoms with Crippen molar-refractivity contribution in [3.8, 4) is 0 Å². The molecule has 33 heavy (non-hydrogen) atoms. The maximum absolute atomic E-state index is 12.9. The SMILES string of the molecule is CCCCn1c(=O)c(CCC(=O)OCC(=O)NCCc2ccc(Cl)cc2)nc2ccccc21. The van der Waals surface area contributed by atoms with Gasteiger partial charge in [0, 0.05) is 24.5 Å². The molecule has 0 aliphatic carbocycles. The fourth-order valence-electron chi connectivity index (χ4n) is 3.43. The second kappa shape index (κ2) is 12.2. The van der Waals surface area contributed by atoms with Gasteiger partial charge in [-0.15, -0.1) is 0 Å². The quantitative estimate of drug-likeness (QED) is 0.432. The molecule has 2 aromatic carbocycles. The number of halogens is 1. The van der Waals surface area contributed by atoms with Crippen LogP contribution in [-0.2, 0) is 33.7 Å². The lowest BCUT2D eigenvalue weighted by atomic mass is 10.1. The van der Waals surface area contributed by atoms with E-state index < -0.39 is 5.97 Å². The number of unbranched alkanes of at least 4 members (excludes halogenated alkanes) is 1. The van der Waals surface area contributed by atoms with E-state index in [1.807, 2.05) is 36.4 Å². The highest BCUT2D eigenvalue weighted by atomic mass is 35.5. The van der Waals surface area contributed by atoms with Crippen LogP contribution in [0.3, 0.4) is 0 Å². The predicted octanol–water partition coefficient (Wildman–Crippen LogP) is 3.68. The van der Waals surface area contributed by atoms with E-state index in [-0.39, 0.29) is 30.9 Å². The van der Waals surface area contributed by atoms with E-state index in [4.69, 9.17) is 16.3 Å². The largest absolute Gasteiger partial charge is 0.456 e. The first-order valence-electron chi connectivity index (χ1n) is 11.1. The molecular formula is C25H28ClN3O4. The summed E-state index contributed by atoms with van der Waals surface area (Å²) in [6, 6.07) is 14.9. The zero-order chi connectivity index (χ0) is 23.6. The molecule has 3 rings (SSSR count). The number of hydrogen-bond acceptors (Lipinski definition) is 5. The summed E-state index contributed by atoms with van der Waals surface area (Å²) in [5.41, 5.74) is 2.70. The minimum absolute atomic E-state index is 0.0214. The Labute approximate surface area is 197 Å². The molecule has 0 aliphatic heterocycles. The Bertz CT molecular complexity index is 1160. The summed E-state index contributed by atoms with van der Waals surface area (Å²) in [4.78, 5) is 41.4. The summed E-state index contributed by atoms with van der Waals surface area (Å²) in [6.45, 7) is 2.74. The van der Waals surface area contributed by atoms with Gasteiger partial charge in [0.1, 0.15) is 5.69 Å². The summed E-state index contributed by atoms with van der Waals surface area (Å²) < 4.78 is 6.78. The molecule has 0 saturated carbocycles. The van der Waals surface area contributed by atoms with E-state index in [9.17, 15) is 14.4 Å². The molecule has 0 bridgehead atoms. The fourth-order valence-corrected chi connectivity index (χ4v) is 3.56. The monoisotopic (exact) mass is 469 g/mol. The van der Waals surface area contributed by atoms with Gasteiger partial charge in [-0.2, -0.15) is 0 Å².